The molecule has 0 aliphatic heterocycles. The van der Waals surface area contributed by atoms with Gasteiger partial charge in [-0.05, 0) is 0 Å². The van der Waals surface area contributed by atoms with E-state index >= 15 is 0 Å². The van der Waals surface area contributed by atoms with Gasteiger partial charge in [0.25, 0.3) is 0 Å². The predicted octanol–water partition coefficient (Wildman–Crippen LogP) is -7.11. The van der Waals surface area contributed by atoms with Crippen molar-refractivity contribution in [1.29, 1.82) is 0 Å². The third-order valence-electron chi connectivity index (χ3n) is 0. The normalized spacial score (nSPS) is 4.46. The van der Waals surface area contributed by atoms with Crippen molar-refractivity contribution in [3.8, 4) is 0 Å². The molecule has 0 unspecified atom stereocenters. The predicted molar refractivity (Wildman–Crippen MR) is 35.8 cm³/mol. The van der Waals surface area contributed by atoms with Crippen molar-refractivity contribution in [1.82, 2.24) is 0 Å². The standard InChI is InChI=1S/Cr.H2O4S.7H2O/c;1-5(2,3)4;;;;;;;/h;(H2,1,2,3,4);7*1H2/q+2;;;;;;;;/p-2. The van der Waals surface area contributed by atoms with Crippen LogP contribution in [0.25, 0.3) is 0 Å². The van der Waals surface area contributed by atoms with Crippen molar-refractivity contribution < 1.29 is 73.2 Å². The minimum Gasteiger partial charge on any atom is -0.759 e. The number of hydrogen-bond donors (Lipinski definition) is 0. The van der Waals surface area contributed by atoms with E-state index in [4.69, 9.17) is 17.5 Å². The summed E-state index contributed by atoms with van der Waals surface area (Å²) in [6.07, 6.45) is 0. The van der Waals surface area contributed by atoms with Gasteiger partial charge in [0.2, 0.25) is 0 Å². The van der Waals surface area contributed by atoms with Crippen molar-refractivity contribution in [3.63, 3.8) is 0 Å². The molecule has 0 aromatic heterocycles. The summed E-state index contributed by atoms with van der Waals surface area (Å²) in [5.41, 5.74) is 0. The molecule has 14 N–H and O–H groups in total. The molecule has 0 aliphatic rings. The summed E-state index contributed by atoms with van der Waals surface area (Å²) in [7, 11) is -5.17. The molecule has 0 aromatic carbocycles. The van der Waals surface area contributed by atoms with Crippen LogP contribution in [0, 0.1) is 0 Å². The summed E-state index contributed by atoms with van der Waals surface area (Å²) in [6.45, 7) is 0. The molecule has 0 radical (unpaired) electrons. The molecule has 13 heavy (non-hydrogen) atoms. The Kier molecular flexibility index (Phi) is 349. The molecule has 0 aromatic rings. The van der Waals surface area contributed by atoms with Crippen LogP contribution in [0.1, 0.15) is 0 Å². The molecule has 0 atom stereocenters. The van der Waals surface area contributed by atoms with Gasteiger partial charge >= 0.3 is 17.4 Å². The quantitative estimate of drug-likeness (QED) is 0.306. The molecule has 0 amide bonds. The first-order valence-electron chi connectivity index (χ1n) is 0.667. The van der Waals surface area contributed by atoms with Crippen LogP contribution in [0.4, 0.5) is 0 Å². The van der Waals surface area contributed by atoms with Gasteiger partial charge in [-0.25, -0.2) is 0 Å². The average molecular weight is 274 g/mol. The SMILES string of the molecule is O.O.O.O.O.O.O.O=S(=O)([O-])[O-].[Cr+2]. The Morgan fingerprint density at radius 2 is 0.615 bits per heavy atom. The fraction of sp³-hybridized carbons (Fsp3) is 0. The van der Waals surface area contributed by atoms with Crippen molar-refractivity contribution in [2.45, 2.75) is 0 Å². The molecule has 0 saturated carbocycles. The Labute approximate surface area is 84.2 Å². The van der Waals surface area contributed by atoms with E-state index in [9.17, 15) is 0 Å². The molecule has 0 bridgehead atoms. The third-order valence-corrected chi connectivity index (χ3v) is 0. The van der Waals surface area contributed by atoms with Gasteiger partial charge in [-0.3, -0.25) is 8.42 Å². The topological polar surface area (TPSA) is 301 Å². The molecule has 11 nitrogen and oxygen atoms in total. The van der Waals surface area contributed by atoms with Crippen molar-refractivity contribution >= 4 is 10.4 Å². The summed E-state index contributed by atoms with van der Waals surface area (Å²) < 4.78 is 34.1. The van der Waals surface area contributed by atoms with E-state index in [1.165, 1.54) is 0 Å². The van der Waals surface area contributed by atoms with Gasteiger partial charge in [-0.2, -0.15) is 0 Å². The fourth-order valence-corrected chi connectivity index (χ4v) is 0. The van der Waals surface area contributed by atoms with E-state index in [2.05, 4.69) is 0 Å². The third kappa shape index (κ3) is 82800. The van der Waals surface area contributed by atoms with Gasteiger partial charge in [0.15, 0.2) is 0 Å². The second-order valence-electron chi connectivity index (χ2n) is 0.408. The second kappa shape index (κ2) is 40.0. The fourth-order valence-electron chi connectivity index (χ4n) is 0. The first-order chi connectivity index (χ1) is 2.00. The van der Waals surface area contributed by atoms with Crippen LogP contribution in [-0.4, -0.2) is 55.9 Å². The summed E-state index contributed by atoms with van der Waals surface area (Å²) in [4.78, 5) is 0. The first-order valence-corrected chi connectivity index (χ1v) is 2.00. The summed E-state index contributed by atoms with van der Waals surface area (Å²) >= 11 is 0. The monoisotopic (exact) mass is 274 g/mol. The van der Waals surface area contributed by atoms with Gasteiger partial charge < -0.3 is 47.4 Å². The first kappa shape index (κ1) is 113. The molecule has 0 aliphatic carbocycles. The molecule has 0 fully saturated rings. The van der Waals surface area contributed by atoms with Crippen molar-refractivity contribution in [2.75, 3.05) is 0 Å². The molecule has 0 spiro atoms. The second-order valence-corrected chi connectivity index (χ2v) is 1.22. The van der Waals surface area contributed by atoms with Gasteiger partial charge in [-0.15, -0.1) is 0 Å². The average Bonchev–Trinajstić information content (AvgIpc) is 0.722. The smallest absolute Gasteiger partial charge is 0.759 e. The number of rotatable bonds is 0. The van der Waals surface area contributed by atoms with Crippen LogP contribution in [0.5, 0.6) is 0 Å². The molecule has 0 saturated heterocycles. The Balaban J connectivity index is -0.00000000286. The molecule has 13 heteroatoms. The molecular formula is H14CrO11S. The van der Waals surface area contributed by atoms with Gasteiger partial charge in [-0.1, -0.05) is 0 Å². The maximum atomic E-state index is 8.52. The van der Waals surface area contributed by atoms with Crippen LogP contribution >= 0.6 is 0 Å². The van der Waals surface area contributed by atoms with E-state index in [0.717, 1.165) is 0 Å². The van der Waals surface area contributed by atoms with E-state index in [0.29, 0.717) is 0 Å². The zero-order chi connectivity index (χ0) is 4.50. The minimum atomic E-state index is -5.17. The Morgan fingerprint density at radius 1 is 0.615 bits per heavy atom. The van der Waals surface area contributed by atoms with E-state index < -0.39 is 10.4 Å². The maximum absolute atomic E-state index is 8.52. The van der Waals surface area contributed by atoms with Crippen LogP contribution in [0.15, 0.2) is 0 Å². The van der Waals surface area contributed by atoms with Crippen LogP contribution < -0.4 is 0 Å². The van der Waals surface area contributed by atoms with Crippen LogP contribution in [-0.2, 0) is 27.8 Å². The molecular weight excluding hydrogens is 260 g/mol. The summed E-state index contributed by atoms with van der Waals surface area (Å²) in [6, 6.07) is 0. The summed E-state index contributed by atoms with van der Waals surface area (Å²) in [5.74, 6) is 0. The van der Waals surface area contributed by atoms with E-state index in [1.807, 2.05) is 0 Å². The zero-order valence-corrected chi connectivity index (χ0v) is 8.04. The molecule has 0 heterocycles. The number of hydrogen-bond acceptors (Lipinski definition) is 4. The van der Waals surface area contributed by atoms with E-state index in [1.54, 1.807) is 0 Å². The van der Waals surface area contributed by atoms with Crippen LogP contribution in [0.2, 0.25) is 0 Å². The maximum Gasteiger partial charge on any atom is 2.00 e. The molecule has 0 rings (SSSR count). The zero-order valence-electron chi connectivity index (χ0n) is 5.95. The van der Waals surface area contributed by atoms with E-state index in [-0.39, 0.29) is 55.7 Å². The Hall–Kier alpha value is 0.122. The Morgan fingerprint density at radius 3 is 0.615 bits per heavy atom. The van der Waals surface area contributed by atoms with Gasteiger partial charge in [0.1, 0.15) is 0 Å². The summed E-state index contributed by atoms with van der Waals surface area (Å²) in [5, 5.41) is 0. The minimum absolute atomic E-state index is 0. The van der Waals surface area contributed by atoms with Crippen molar-refractivity contribution in [2.24, 2.45) is 0 Å². The van der Waals surface area contributed by atoms with Gasteiger partial charge in [0, 0.05) is 10.4 Å². The van der Waals surface area contributed by atoms with Gasteiger partial charge in [0.05, 0.1) is 0 Å². The van der Waals surface area contributed by atoms with Crippen LogP contribution in [0.3, 0.4) is 0 Å². The van der Waals surface area contributed by atoms with Crippen molar-refractivity contribution in [3.05, 3.63) is 0 Å². The molecule has 92 valence electrons. The Bertz CT molecular complexity index is 93.3. The largest absolute Gasteiger partial charge is 2.00 e.